The first kappa shape index (κ1) is 27.9. The minimum absolute atomic E-state index is 0.195. The van der Waals surface area contributed by atoms with Gasteiger partial charge in [0, 0.05) is 23.6 Å². The molecule has 0 saturated carbocycles. The number of sulfonamides is 1. The van der Waals surface area contributed by atoms with Gasteiger partial charge in [0.1, 0.15) is 5.75 Å². The molecule has 4 aromatic rings. The van der Waals surface area contributed by atoms with E-state index in [9.17, 15) is 17.2 Å². The molecule has 3 aromatic carbocycles. The number of H-pyrrole nitrogens is 1. The largest absolute Gasteiger partial charge is 0.497 e. The molecule has 0 bridgehead atoms. The highest BCUT2D eigenvalue weighted by molar-refractivity contribution is 7.89. The van der Waals surface area contributed by atoms with Crippen molar-refractivity contribution in [2.45, 2.75) is 43.5 Å². The lowest BCUT2D eigenvalue weighted by molar-refractivity contribution is 0.281. The number of hydrogen-bond acceptors (Lipinski definition) is 5. The molecule has 2 heterocycles. The van der Waals surface area contributed by atoms with E-state index in [2.05, 4.69) is 4.98 Å². The van der Waals surface area contributed by atoms with Crippen LogP contribution in [0, 0.1) is 11.6 Å². The van der Waals surface area contributed by atoms with E-state index in [1.165, 1.54) is 4.31 Å². The van der Waals surface area contributed by atoms with E-state index in [-0.39, 0.29) is 11.4 Å². The molecule has 0 saturated heterocycles. The molecular formula is C30H32F2N2O5S. The van der Waals surface area contributed by atoms with Crippen molar-refractivity contribution in [2.75, 3.05) is 27.4 Å². The Labute approximate surface area is 232 Å². The number of aromatic nitrogens is 1. The lowest BCUT2D eigenvalue weighted by Gasteiger charge is -2.37. The molecule has 1 atom stereocenters. The third-order valence-electron chi connectivity index (χ3n) is 7.43. The van der Waals surface area contributed by atoms with Crippen LogP contribution in [0.3, 0.4) is 0 Å². The molecule has 10 heteroatoms. The van der Waals surface area contributed by atoms with Crippen molar-refractivity contribution in [3.8, 4) is 17.2 Å². The van der Waals surface area contributed by atoms with Crippen LogP contribution in [0.25, 0.3) is 10.9 Å². The third-order valence-corrected chi connectivity index (χ3v) is 9.33. The van der Waals surface area contributed by atoms with Gasteiger partial charge in [-0.3, -0.25) is 0 Å². The molecular weight excluding hydrogens is 538 g/mol. The fourth-order valence-electron chi connectivity index (χ4n) is 5.45. The van der Waals surface area contributed by atoms with Gasteiger partial charge in [-0.15, -0.1) is 0 Å². The number of fused-ring (bicyclic) bond motifs is 2. The number of aryl methyl sites for hydroxylation is 1. The van der Waals surface area contributed by atoms with Crippen molar-refractivity contribution < 1.29 is 31.4 Å². The Hall–Kier alpha value is -3.63. The molecule has 40 heavy (non-hydrogen) atoms. The maximum atomic E-state index is 14.1. The van der Waals surface area contributed by atoms with Crippen molar-refractivity contribution in [1.82, 2.24) is 9.29 Å². The summed E-state index contributed by atoms with van der Waals surface area (Å²) in [4.78, 5) is 3.01. The average molecular weight is 571 g/mol. The molecule has 0 spiro atoms. The Morgan fingerprint density at radius 1 is 1.00 bits per heavy atom. The summed E-state index contributed by atoms with van der Waals surface area (Å²) in [7, 11) is -0.933. The first-order valence-corrected chi connectivity index (χ1v) is 14.6. The van der Waals surface area contributed by atoms with E-state index in [1.54, 1.807) is 14.2 Å². The van der Waals surface area contributed by atoms with Gasteiger partial charge >= 0.3 is 0 Å². The van der Waals surface area contributed by atoms with Crippen molar-refractivity contribution in [3.63, 3.8) is 0 Å². The second-order valence-electron chi connectivity index (χ2n) is 9.71. The fourth-order valence-corrected chi connectivity index (χ4v) is 7.10. The first-order chi connectivity index (χ1) is 19.3. The van der Waals surface area contributed by atoms with Crippen molar-refractivity contribution >= 4 is 20.9 Å². The second kappa shape index (κ2) is 11.5. The number of hydrogen-bond donors (Lipinski definition) is 1. The lowest BCUT2D eigenvalue weighted by Crippen LogP contribution is -2.40. The van der Waals surface area contributed by atoms with Crippen molar-refractivity contribution in [3.05, 3.63) is 83.1 Å². The number of benzene rings is 3. The molecule has 1 aliphatic heterocycles. The Morgan fingerprint density at radius 3 is 2.55 bits per heavy atom. The van der Waals surface area contributed by atoms with Crippen LogP contribution >= 0.6 is 0 Å². The Kier molecular flexibility index (Phi) is 8.00. The van der Waals surface area contributed by atoms with Gasteiger partial charge in [-0.25, -0.2) is 17.2 Å². The Balaban J connectivity index is 1.50. The van der Waals surface area contributed by atoms with E-state index in [0.717, 1.165) is 51.5 Å². The van der Waals surface area contributed by atoms with Crippen LogP contribution < -0.4 is 14.2 Å². The summed E-state index contributed by atoms with van der Waals surface area (Å²) >= 11 is 0. The monoisotopic (exact) mass is 570 g/mol. The molecule has 0 aliphatic carbocycles. The highest BCUT2D eigenvalue weighted by Crippen LogP contribution is 2.42. The average Bonchev–Trinajstić information content (AvgIpc) is 3.36. The molecule has 1 aliphatic rings. The number of halogens is 2. The lowest BCUT2D eigenvalue weighted by atomic mass is 9.90. The maximum Gasteiger partial charge on any atom is 0.243 e. The second-order valence-corrected chi connectivity index (χ2v) is 11.6. The van der Waals surface area contributed by atoms with Gasteiger partial charge in [-0.05, 0) is 97.8 Å². The summed E-state index contributed by atoms with van der Waals surface area (Å²) in [6.45, 7) is 2.48. The smallest absolute Gasteiger partial charge is 0.243 e. The summed E-state index contributed by atoms with van der Waals surface area (Å²) in [5.41, 5.74) is 3.89. The first-order valence-electron chi connectivity index (χ1n) is 13.2. The summed E-state index contributed by atoms with van der Waals surface area (Å²) in [5.74, 6) is -0.416. The predicted octanol–water partition coefficient (Wildman–Crippen LogP) is 6.17. The normalized spacial score (nSPS) is 15.7. The standard InChI is InChI=1S/C30H32F2N2O5S/c1-4-39-30-17-24-19(14-29(30)38-3)12-13-34(40(35,36)22-9-10-25(31)26(32)16-22)28(24)7-5-6-20-18-33-27-11-8-21(37-2)15-23(20)27/h8-11,14-18,28,33H,4-7,12-13H2,1-3H3/t28-/m0/s1. The molecule has 7 nitrogen and oxygen atoms in total. The molecule has 0 fully saturated rings. The van der Waals surface area contributed by atoms with Gasteiger partial charge in [-0.1, -0.05) is 0 Å². The molecule has 1 aromatic heterocycles. The van der Waals surface area contributed by atoms with Crippen LogP contribution in [-0.4, -0.2) is 45.1 Å². The number of ether oxygens (including phenoxy) is 3. The van der Waals surface area contributed by atoms with Crippen molar-refractivity contribution in [2.24, 2.45) is 0 Å². The van der Waals surface area contributed by atoms with E-state index >= 15 is 0 Å². The number of rotatable bonds is 10. The maximum absolute atomic E-state index is 14.1. The summed E-state index contributed by atoms with van der Waals surface area (Å²) in [6, 6.07) is 11.8. The molecule has 1 N–H and O–H groups in total. The van der Waals surface area contributed by atoms with Gasteiger partial charge in [0.15, 0.2) is 23.1 Å². The Morgan fingerprint density at radius 2 is 1.82 bits per heavy atom. The van der Waals surface area contributed by atoms with Gasteiger partial charge in [0.2, 0.25) is 10.0 Å². The minimum Gasteiger partial charge on any atom is -0.497 e. The summed E-state index contributed by atoms with van der Waals surface area (Å²) < 4.78 is 73.4. The summed E-state index contributed by atoms with van der Waals surface area (Å²) in [5, 5.41) is 1.05. The fraction of sp³-hybridized carbons (Fsp3) is 0.333. The van der Waals surface area contributed by atoms with Crippen LogP contribution in [0.1, 0.15) is 42.5 Å². The quantitative estimate of drug-likeness (QED) is 0.247. The molecule has 0 amide bonds. The van der Waals surface area contributed by atoms with Gasteiger partial charge in [0.25, 0.3) is 0 Å². The van der Waals surface area contributed by atoms with Crippen molar-refractivity contribution in [1.29, 1.82) is 0 Å². The topological polar surface area (TPSA) is 80.9 Å². The van der Waals surface area contributed by atoms with E-state index in [0.29, 0.717) is 43.8 Å². The van der Waals surface area contributed by atoms with Gasteiger partial charge in [-0.2, -0.15) is 4.31 Å². The van der Waals surface area contributed by atoms with Gasteiger partial charge < -0.3 is 19.2 Å². The highest BCUT2D eigenvalue weighted by atomic mass is 32.2. The number of aromatic amines is 1. The molecule has 212 valence electrons. The Bertz CT molecular complexity index is 1640. The van der Waals surface area contributed by atoms with Gasteiger partial charge in [0.05, 0.1) is 31.8 Å². The van der Waals surface area contributed by atoms with Crippen LogP contribution in [0.15, 0.2) is 59.6 Å². The van der Waals surface area contributed by atoms with E-state index < -0.39 is 27.7 Å². The van der Waals surface area contributed by atoms with Crippen LogP contribution in [0.4, 0.5) is 8.78 Å². The van der Waals surface area contributed by atoms with Crippen LogP contribution in [0.5, 0.6) is 17.2 Å². The zero-order valence-corrected chi connectivity index (χ0v) is 23.5. The number of methoxy groups -OCH3 is 2. The van der Waals surface area contributed by atoms with Crippen LogP contribution in [0.2, 0.25) is 0 Å². The zero-order chi connectivity index (χ0) is 28.4. The predicted molar refractivity (Wildman–Crippen MR) is 149 cm³/mol. The number of nitrogens with zero attached hydrogens (tertiary/aromatic N) is 1. The number of nitrogens with one attached hydrogen (secondary N) is 1. The highest BCUT2D eigenvalue weighted by Gasteiger charge is 2.37. The minimum atomic E-state index is -4.13. The molecule has 0 unspecified atom stereocenters. The van der Waals surface area contributed by atoms with E-state index in [1.807, 2.05) is 43.5 Å². The third kappa shape index (κ3) is 5.25. The molecule has 0 radical (unpaired) electrons. The van der Waals surface area contributed by atoms with Crippen LogP contribution in [-0.2, 0) is 22.9 Å². The van der Waals surface area contributed by atoms with E-state index in [4.69, 9.17) is 14.2 Å². The molecule has 5 rings (SSSR count). The summed E-state index contributed by atoms with van der Waals surface area (Å²) in [6.07, 6.45) is 4.29. The SMILES string of the molecule is CCOc1cc2c(cc1OC)CCN(S(=O)(=O)c1ccc(F)c(F)c1)[C@H]2CCCc1c[nH]c2ccc(OC)cc12. The zero-order valence-electron chi connectivity index (χ0n) is 22.7.